The van der Waals surface area contributed by atoms with Crippen LogP contribution in [0.2, 0.25) is 0 Å². The minimum Gasteiger partial charge on any atom is -0.347 e. The molecule has 18 heavy (non-hydrogen) atoms. The summed E-state index contributed by atoms with van der Waals surface area (Å²) in [6.45, 7) is 0.780. The zero-order valence-electron chi connectivity index (χ0n) is 9.51. The molecule has 0 aromatic carbocycles. The molecule has 0 fully saturated rings. The highest BCUT2D eigenvalue weighted by Crippen LogP contribution is 2.22. The fraction of sp³-hybridized carbons (Fsp3) is 0.273. The van der Waals surface area contributed by atoms with E-state index in [4.69, 9.17) is 0 Å². The number of H-pyrrole nitrogens is 2. The van der Waals surface area contributed by atoms with E-state index in [1.54, 1.807) is 12.5 Å². The van der Waals surface area contributed by atoms with Gasteiger partial charge in [0, 0.05) is 13.0 Å². The van der Waals surface area contributed by atoms with Gasteiger partial charge in [0.05, 0.1) is 30.0 Å². The van der Waals surface area contributed by atoms with Crippen LogP contribution in [0.15, 0.2) is 18.9 Å². The van der Waals surface area contributed by atoms with Crippen molar-refractivity contribution in [2.24, 2.45) is 0 Å². The lowest BCUT2D eigenvalue weighted by Crippen LogP contribution is -2.29. The van der Waals surface area contributed by atoms with Crippen LogP contribution in [0.4, 0.5) is 0 Å². The van der Waals surface area contributed by atoms with Crippen LogP contribution in [0.3, 0.4) is 0 Å². The number of hydrogen-bond acceptors (Lipinski definition) is 5. The van der Waals surface area contributed by atoms with E-state index in [9.17, 15) is 0 Å². The van der Waals surface area contributed by atoms with Crippen molar-refractivity contribution >= 4 is 11.2 Å². The van der Waals surface area contributed by atoms with Crippen LogP contribution in [0, 0.1) is 0 Å². The number of hydrogen-bond donors (Lipinski definition) is 3. The van der Waals surface area contributed by atoms with Crippen molar-refractivity contribution in [3.8, 4) is 0 Å². The van der Waals surface area contributed by atoms with Gasteiger partial charge in [-0.1, -0.05) is 0 Å². The van der Waals surface area contributed by atoms with Gasteiger partial charge in [-0.3, -0.25) is 0 Å². The SMILES string of the molecule is c1ncc2[nH]c(C3Cc4nc[nH]c4CN3)nc2n1. The maximum atomic E-state index is 4.49. The number of fused-ring (bicyclic) bond motifs is 2. The summed E-state index contributed by atoms with van der Waals surface area (Å²) in [5.41, 5.74) is 3.82. The third-order valence-electron chi connectivity index (χ3n) is 3.24. The maximum absolute atomic E-state index is 4.49. The van der Waals surface area contributed by atoms with Crippen LogP contribution in [-0.2, 0) is 13.0 Å². The quantitative estimate of drug-likeness (QED) is 0.575. The molecular formula is C11H11N7. The smallest absolute Gasteiger partial charge is 0.180 e. The van der Waals surface area contributed by atoms with Gasteiger partial charge in [-0.15, -0.1) is 0 Å². The fourth-order valence-electron chi connectivity index (χ4n) is 2.31. The van der Waals surface area contributed by atoms with E-state index < -0.39 is 0 Å². The van der Waals surface area contributed by atoms with E-state index in [1.807, 2.05) is 0 Å². The van der Waals surface area contributed by atoms with E-state index in [0.717, 1.165) is 35.7 Å². The third kappa shape index (κ3) is 1.41. The minimum absolute atomic E-state index is 0.148. The summed E-state index contributed by atoms with van der Waals surface area (Å²) in [7, 11) is 0. The molecule has 1 aliphatic rings. The second-order valence-electron chi connectivity index (χ2n) is 4.35. The summed E-state index contributed by atoms with van der Waals surface area (Å²) < 4.78 is 0. The fourth-order valence-corrected chi connectivity index (χ4v) is 2.31. The van der Waals surface area contributed by atoms with Gasteiger partial charge in [0.15, 0.2) is 5.65 Å². The summed E-state index contributed by atoms with van der Waals surface area (Å²) in [4.78, 5) is 23.3. The molecule has 0 radical (unpaired) electrons. The van der Waals surface area contributed by atoms with Gasteiger partial charge in [0.25, 0.3) is 0 Å². The topological polar surface area (TPSA) is 95.2 Å². The van der Waals surface area contributed by atoms with Gasteiger partial charge in [0.1, 0.15) is 17.7 Å². The molecule has 4 rings (SSSR count). The maximum Gasteiger partial charge on any atom is 0.180 e. The Balaban J connectivity index is 1.72. The highest BCUT2D eigenvalue weighted by atomic mass is 15.1. The van der Waals surface area contributed by atoms with Crippen LogP contribution in [0.1, 0.15) is 23.3 Å². The Morgan fingerprint density at radius 2 is 2.28 bits per heavy atom. The van der Waals surface area contributed by atoms with Gasteiger partial charge in [-0.2, -0.15) is 0 Å². The largest absolute Gasteiger partial charge is 0.347 e. The third-order valence-corrected chi connectivity index (χ3v) is 3.24. The molecule has 1 unspecified atom stereocenters. The first kappa shape index (κ1) is 9.72. The van der Waals surface area contributed by atoms with E-state index in [0.29, 0.717) is 5.65 Å². The molecule has 0 bridgehead atoms. The molecule has 3 N–H and O–H groups in total. The van der Waals surface area contributed by atoms with Crippen molar-refractivity contribution in [2.45, 2.75) is 19.0 Å². The van der Waals surface area contributed by atoms with Gasteiger partial charge in [-0.05, 0) is 0 Å². The Bertz CT molecular complexity index is 665. The highest BCUT2D eigenvalue weighted by molar-refractivity contribution is 5.68. The monoisotopic (exact) mass is 241 g/mol. The minimum atomic E-state index is 0.148. The van der Waals surface area contributed by atoms with Crippen molar-refractivity contribution in [1.29, 1.82) is 0 Å². The Hall–Kier alpha value is -2.28. The van der Waals surface area contributed by atoms with Crippen molar-refractivity contribution in [1.82, 2.24) is 35.2 Å². The molecule has 4 heterocycles. The summed E-state index contributed by atoms with van der Waals surface area (Å²) in [6.07, 6.45) is 5.81. The number of aromatic amines is 2. The summed E-state index contributed by atoms with van der Waals surface area (Å²) in [6, 6.07) is 0.148. The van der Waals surface area contributed by atoms with Crippen LogP contribution in [0.5, 0.6) is 0 Å². The normalized spacial score (nSPS) is 19.0. The molecule has 7 nitrogen and oxygen atoms in total. The zero-order chi connectivity index (χ0) is 11.9. The molecule has 3 aromatic heterocycles. The van der Waals surface area contributed by atoms with Crippen LogP contribution >= 0.6 is 0 Å². The predicted octanol–water partition coefficient (Wildman–Crippen LogP) is 0.463. The lowest BCUT2D eigenvalue weighted by Gasteiger charge is -2.20. The van der Waals surface area contributed by atoms with Gasteiger partial charge in [-0.25, -0.2) is 19.9 Å². The molecule has 0 saturated heterocycles. The zero-order valence-corrected chi connectivity index (χ0v) is 9.51. The number of rotatable bonds is 1. The lowest BCUT2D eigenvalue weighted by atomic mass is 10.1. The number of imidazole rings is 2. The van der Waals surface area contributed by atoms with Crippen LogP contribution < -0.4 is 5.32 Å². The molecule has 1 atom stereocenters. The van der Waals surface area contributed by atoms with E-state index in [1.165, 1.54) is 6.33 Å². The average molecular weight is 241 g/mol. The Morgan fingerprint density at radius 3 is 3.22 bits per heavy atom. The van der Waals surface area contributed by atoms with Crippen LogP contribution in [-0.4, -0.2) is 29.9 Å². The van der Waals surface area contributed by atoms with Crippen molar-refractivity contribution in [3.05, 3.63) is 36.1 Å². The summed E-state index contributed by atoms with van der Waals surface area (Å²) >= 11 is 0. The molecule has 7 heteroatoms. The van der Waals surface area contributed by atoms with E-state index >= 15 is 0 Å². The molecule has 0 saturated carbocycles. The first-order chi connectivity index (χ1) is 8.90. The Labute approximate surface area is 102 Å². The van der Waals surface area contributed by atoms with Gasteiger partial charge in [0.2, 0.25) is 0 Å². The molecule has 3 aromatic rings. The second-order valence-corrected chi connectivity index (χ2v) is 4.35. The second kappa shape index (κ2) is 3.61. The summed E-state index contributed by atoms with van der Waals surface area (Å²) in [5.74, 6) is 0.888. The molecule has 0 spiro atoms. The Morgan fingerprint density at radius 1 is 1.28 bits per heavy atom. The molecular weight excluding hydrogens is 230 g/mol. The number of aromatic nitrogens is 6. The number of nitrogens with zero attached hydrogens (tertiary/aromatic N) is 4. The molecule has 1 aliphatic heterocycles. The van der Waals surface area contributed by atoms with Gasteiger partial charge >= 0.3 is 0 Å². The van der Waals surface area contributed by atoms with E-state index in [2.05, 4.69) is 35.2 Å². The standard InChI is InChI=1S/C11H11N7/c1-6-8(15-5-14-6)3-13-7(1)11-17-9-2-12-4-16-10(9)18-11/h2,4-5,7,13H,1,3H2,(H,14,15)(H,12,16,17,18). The molecule has 90 valence electrons. The first-order valence-corrected chi connectivity index (χ1v) is 5.80. The summed E-state index contributed by atoms with van der Waals surface area (Å²) in [5, 5.41) is 3.43. The molecule has 0 amide bonds. The number of nitrogens with one attached hydrogen (secondary N) is 3. The first-order valence-electron chi connectivity index (χ1n) is 5.80. The Kier molecular flexibility index (Phi) is 1.95. The van der Waals surface area contributed by atoms with Crippen molar-refractivity contribution < 1.29 is 0 Å². The highest BCUT2D eigenvalue weighted by Gasteiger charge is 2.23. The van der Waals surface area contributed by atoms with Crippen molar-refractivity contribution in [3.63, 3.8) is 0 Å². The average Bonchev–Trinajstić information content (AvgIpc) is 3.04. The predicted molar refractivity (Wildman–Crippen MR) is 63.6 cm³/mol. The van der Waals surface area contributed by atoms with E-state index in [-0.39, 0.29) is 6.04 Å². The van der Waals surface area contributed by atoms with Gasteiger partial charge < -0.3 is 15.3 Å². The molecule has 0 aliphatic carbocycles. The lowest BCUT2D eigenvalue weighted by molar-refractivity contribution is 0.472. The van der Waals surface area contributed by atoms with Crippen LogP contribution in [0.25, 0.3) is 11.2 Å². The van der Waals surface area contributed by atoms with Crippen molar-refractivity contribution in [2.75, 3.05) is 0 Å².